The summed E-state index contributed by atoms with van der Waals surface area (Å²) in [5.41, 5.74) is 0.384. The van der Waals surface area contributed by atoms with E-state index in [1.54, 1.807) is 19.2 Å². The Morgan fingerprint density at radius 1 is 1.50 bits per heavy atom. The van der Waals surface area contributed by atoms with Crippen LogP contribution in [0.1, 0.15) is 41.9 Å². The number of rotatable bonds is 4. The lowest BCUT2D eigenvalue weighted by Gasteiger charge is -2.03. The molecule has 104 valence electrons. The Kier molecular flexibility index (Phi) is 3.40. The van der Waals surface area contributed by atoms with E-state index in [1.807, 2.05) is 0 Å². The molecule has 0 aliphatic heterocycles. The first-order chi connectivity index (χ1) is 9.67. The Morgan fingerprint density at radius 2 is 2.30 bits per heavy atom. The molecule has 1 aliphatic rings. The van der Waals surface area contributed by atoms with Gasteiger partial charge in [0.15, 0.2) is 5.82 Å². The lowest BCUT2D eigenvalue weighted by Crippen LogP contribution is -2.04. The van der Waals surface area contributed by atoms with Crippen molar-refractivity contribution in [3.63, 3.8) is 0 Å². The minimum Gasteiger partial charge on any atom is -0.462 e. The molecular formula is C13H13ClN4O2. The summed E-state index contributed by atoms with van der Waals surface area (Å²) in [4.78, 5) is 20.3. The zero-order valence-corrected chi connectivity index (χ0v) is 11.7. The van der Waals surface area contributed by atoms with E-state index in [2.05, 4.69) is 15.1 Å². The summed E-state index contributed by atoms with van der Waals surface area (Å²) in [6.07, 6.45) is 5.21. The highest BCUT2D eigenvalue weighted by atomic mass is 35.5. The molecular weight excluding hydrogens is 280 g/mol. The predicted octanol–water partition coefficient (Wildman–Crippen LogP) is 2.37. The lowest BCUT2D eigenvalue weighted by atomic mass is 10.4. The second-order valence-corrected chi connectivity index (χ2v) is 4.96. The second kappa shape index (κ2) is 5.20. The Bertz CT molecular complexity index is 652. The van der Waals surface area contributed by atoms with Crippen LogP contribution in [-0.4, -0.2) is 32.3 Å². The van der Waals surface area contributed by atoms with Crippen LogP contribution in [0.15, 0.2) is 18.5 Å². The van der Waals surface area contributed by atoms with E-state index in [9.17, 15) is 4.79 Å². The molecule has 3 rings (SSSR count). The Balaban J connectivity index is 1.90. The average molecular weight is 293 g/mol. The van der Waals surface area contributed by atoms with Gasteiger partial charge in [0.25, 0.3) is 0 Å². The van der Waals surface area contributed by atoms with Gasteiger partial charge in [-0.3, -0.25) is 0 Å². The minimum atomic E-state index is -0.402. The molecule has 0 amide bonds. The minimum absolute atomic E-state index is 0.329. The summed E-state index contributed by atoms with van der Waals surface area (Å²) in [6, 6.07) is 1.62. The van der Waals surface area contributed by atoms with Gasteiger partial charge in [0.05, 0.1) is 18.4 Å². The van der Waals surface area contributed by atoms with Crippen LogP contribution in [0.3, 0.4) is 0 Å². The van der Waals surface area contributed by atoms with Crippen LogP contribution >= 0.6 is 11.6 Å². The van der Waals surface area contributed by atoms with Gasteiger partial charge in [0, 0.05) is 18.2 Å². The molecule has 20 heavy (non-hydrogen) atoms. The molecule has 6 nitrogen and oxygen atoms in total. The smallest absolute Gasteiger partial charge is 0.341 e. The fraction of sp³-hybridized carbons (Fsp3) is 0.385. The number of carbonyl (C=O) groups is 1. The van der Waals surface area contributed by atoms with Crippen LogP contribution in [-0.2, 0) is 4.74 Å². The first kappa shape index (κ1) is 13.1. The molecule has 0 atom stereocenters. The van der Waals surface area contributed by atoms with Crippen molar-refractivity contribution in [1.29, 1.82) is 0 Å². The summed E-state index contributed by atoms with van der Waals surface area (Å²) in [5.74, 6) is 1.29. The van der Waals surface area contributed by atoms with Gasteiger partial charge in [0.1, 0.15) is 11.0 Å². The van der Waals surface area contributed by atoms with Crippen molar-refractivity contribution < 1.29 is 9.53 Å². The molecule has 1 fully saturated rings. The highest BCUT2D eigenvalue weighted by Crippen LogP contribution is 2.38. The normalized spacial score (nSPS) is 14.3. The van der Waals surface area contributed by atoms with E-state index < -0.39 is 5.97 Å². The SMILES string of the molecule is CCOC(=O)c1cnn(-c2cc(Cl)nc(C3CC3)n2)c1. The Labute approximate surface area is 120 Å². The van der Waals surface area contributed by atoms with Crippen molar-refractivity contribution in [3.05, 3.63) is 35.0 Å². The predicted molar refractivity (Wildman–Crippen MR) is 72.1 cm³/mol. The molecule has 7 heteroatoms. The monoisotopic (exact) mass is 292 g/mol. The van der Waals surface area contributed by atoms with Gasteiger partial charge >= 0.3 is 5.97 Å². The number of aromatic nitrogens is 4. The van der Waals surface area contributed by atoms with Crippen LogP contribution in [0.4, 0.5) is 0 Å². The number of halogens is 1. The van der Waals surface area contributed by atoms with Crippen molar-refractivity contribution >= 4 is 17.6 Å². The van der Waals surface area contributed by atoms with Crippen molar-refractivity contribution in [2.24, 2.45) is 0 Å². The second-order valence-electron chi connectivity index (χ2n) is 4.58. The van der Waals surface area contributed by atoms with Gasteiger partial charge in [-0.1, -0.05) is 11.6 Å². The van der Waals surface area contributed by atoms with Crippen molar-refractivity contribution in [1.82, 2.24) is 19.7 Å². The number of esters is 1. The van der Waals surface area contributed by atoms with Gasteiger partial charge in [-0.2, -0.15) is 5.10 Å². The Hall–Kier alpha value is -1.95. The zero-order chi connectivity index (χ0) is 14.1. The third kappa shape index (κ3) is 2.65. The van der Waals surface area contributed by atoms with Gasteiger partial charge in [0.2, 0.25) is 0 Å². The van der Waals surface area contributed by atoms with Gasteiger partial charge in [-0.05, 0) is 19.8 Å². The third-order valence-corrected chi connectivity index (χ3v) is 3.16. The quantitative estimate of drug-likeness (QED) is 0.639. The summed E-state index contributed by atoms with van der Waals surface area (Å²) in [7, 11) is 0. The molecule has 0 saturated heterocycles. The van der Waals surface area contributed by atoms with E-state index in [-0.39, 0.29) is 0 Å². The van der Waals surface area contributed by atoms with Crippen LogP contribution in [0.2, 0.25) is 5.15 Å². The van der Waals surface area contributed by atoms with E-state index in [4.69, 9.17) is 16.3 Å². The van der Waals surface area contributed by atoms with Crippen molar-refractivity contribution in [2.45, 2.75) is 25.7 Å². The highest BCUT2D eigenvalue weighted by Gasteiger charge is 2.27. The lowest BCUT2D eigenvalue weighted by molar-refractivity contribution is 0.0526. The molecule has 0 bridgehead atoms. The maximum absolute atomic E-state index is 11.6. The van der Waals surface area contributed by atoms with Gasteiger partial charge in [-0.25, -0.2) is 19.4 Å². The highest BCUT2D eigenvalue weighted by molar-refractivity contribution is 6.29. The molecule has 2 aromatic rings. The molecule has 2 aromatic heterocycles. The first-order valence-electron chi connectivity index (χ1n) is 6.44. The van der Waals surface area contributed by atoms with Crippen molar-refractivity contribution in [3.8, 4) is 5.82 Å². The molecule has 0 aromatic carbocycles. The van der Waals surface area contributed by atoms with Crippen molar-refractivity contribution in [2.75, 3.05) is 6.61 Å². The Morgan fingerprint density at radius 3 is 3.00 bits per heavy atom. The van der Waals surface area contributed by atoms with Crippen LogP contribution in [0, 0.1) is 0 Å². The first-order valence-corrected chi connectivity index (χ1v) is 6.82. The van der Waals surface area contributed by atoms with Crippen LogP contribution < -0.4 is 0 Å². The summed E-state index contributed by atoms with van der Waals surface area (Å²) < 4.78 is 6.43. The van der Waals surface area contributed by atoms with Gasteiger partial charge in [-0.15, -0.1) is 0 Å². The van der Waals surface area contributed by atoms with Crippen LogP contribution in [0.25, 0.3) is 5.82 Å². The van der Waals surface area contributed by atoms with E-state index in [0.29, 0.717) is 29.1 Å². The standard InChI is InChI=1S/C13H13ClN4O2/c1-2-20-13(19)9-6-15-18(7-9)11-5-10(14)16-12(17-11)8-3-4-8/h5-8H,2-4H2,1H3. The van der Waals surface area contributed by atoms with E-state index >= 15 is 0 Å². The molecule has 0 N–H and O–H groups in total. The molecule has 0 radical (unpaired) electrons. The van der Waals surface area contributed by atoms with Gasteiger partial charge < -0.3 is 4.74 Å². The number of hydrogen-bond donors (Lipinski definition) is 0. The molecule has 0 unspecified atom stereocenters. The van der Waals surface area contributed by atoms with Crippen LogP contribution in [0.5, 0.6) is 0 Å². The summed E-state index contributed by atoms with van der Waals surface area (Å²) in [6.45, 7) is 2.09. The summed E-state index contributed by atoms with van der Waals surface area (Å²) in [5, 5.41) is 4.50. The fourth-order valence-corrected chi connectivity index (χ4v) is 2.02. The zero-order valence-electron chi connectivity index (χ0n) is 10.9. The average Bonchev–Trinajstić information content (AvgIpc) is 3.15. The number of hydrogen-bond acceptors (Lipinski definition) is 5. The third-order valence-electron chi connectivity index (χ3n) is 2.97. The molecule has 0 spiro atoms. The number of ether oxygens (including phenoxy) is 1. The largest absolute Gasteiger partial charge is 0.462 e. The topological polar surface area (TPSA) is 69.9 Å². The fourth-order valence-electron chi connectivity index (χ4n) is 1.83. The summed E-state index contributed by atoms with van der Waals surface area (Å²) >= 11 is 6.01. The maximum Gasteiger partial charge on any atom is 0.341 e. The molecule has 2 heterocycles. The maximum atomic E-state index is 11.6. The number of carbonyl (C=O) groups excluding carboxylic acids is 1. The van der Waals surface area contributed by atoms with E-state index in [0.717, 1.165) is 18.7 Å². The van der Waals surface area contributed by atoms with E-state index in [1.165, 1.54) is 10.9 Å². The molecule has 1 saturated carbocycles. The molecule has 1 aliphatic carbocycles. The number of nitrogens with zero attached hydrogens (tertiary/aromatic N) is 4.